The van der Waals surface area contributed by atoms with Crippen LogP contribution in [-0.2, 0) is 14.3 Å². The maximum absolute atomic E-state index is 13.0. The molecule has 3 aromatic rings. The number of benzene rings is 2. The molecule has 0 aliphatic heterocycles. The highest BCUT2D eigenvalue weighted by atomic mass is 35.5. The van der Waals surface area contributed by atoms with Crippen LogP contribution in [-0.4, -0.2) is 43.6 Å². The lowest BCUT2D eigenvalue weighted by Crippen LogP contribution is -2.21. The summed E-state index contributed by atoms with van der Waals surface area (Å²) in [5.74, 6) is -1.70. The molecular weight excluding hydrogens is 520 g/mol. The van der Waals surface area contributed by atoms with E-state index in [1.54, 1.807) is 57.2 Å². The average molecular weight is 545 g/mol. The summed E-state index contributed by atoms with van der Waals surface area (Å²) in [6, 6.07) is 12.7. The van der Waals surface area contributed by atoms with Crippen LogP contribution in [0.2, 0.25) is 5.02 Å². The molecule has 0 aliphatic rings. The van der Waals surface area contributed by atoms with Crippen molar-refractivity contribution in [2.75, 3.05) is 30.5 Å². The number of rotatable bonds is 10. The van der Waals surface area contributed by atoms with Gasteiger partial charge in [-0.25, -0.2) is 9.59 Å². The number of anilines is 2. The number of nitrogens with one attached hydrogen (secondary N) is 2. The van der Waals surface area contributed by atoms with E-state index in [1.807, 2.05) is 0 Å². The molecule has 0 radical (unpaired) electrons. The standard InChI is InChI=1S/C26H25ClN2O7S/c1-4-34-25(32)16-6-10-18(11-7-16)28-23(31)22-15(3)21(26(33)35-5-2)24(37-22)29-20(30)14-36-19-12-8-17(27)9-13-19/h6-13H,4-5,14H2,1-3H3,(H,28,31)(H,29,30). The van der Waals surface area contributed by atoms with E-state index in [2.05, 4.69) is 10.6 Å². The molecule has 0 spiro atoms. The van der Waals surface area contributed by atoms with Gasteiger partial charge in [0, 0.05) is 10.7 Å². The lowest BCUT2D eigenvalue weighted by atomic mass is 10.1. The highest BCUT2D eigenvalue weighted by molar-refractivity contribution is 7.19. The van der Waals surface area contributed by atoms with Gasteiger partial charge in [-0.3, -0.25) is 9.59 Å². The molecule has 0 unspecified atom stereocenters. The second-order valence-corrected chi connectivity index (χ2v) is 8.98. The van der Waals surface area contributed by atoms with Gasteiger partial charge in [-0.2, -0.15) is 0 Å². The van der Waals surface area contributed by atoms with Gasteiger partial charge in [-0.1, -0.05) is 11.6 Å². The number of hydrogen-bond donors (Lipinski definition) is 2. The van der Waals surface area contributed by atoms with Crippen molar-refractivity contribution in [1.29, 1.82) is 0 Å². The van der Waals surface area contributed by atoms with E-state index in [-0.39, 0.29) is 35.3 Å². The Labute approximate surface area is 222 Å². The Kier molecular flexibility index (Phi) is 9.64. The first-order valence-electron chi connectivity index (χ1n) is 11.3. The van der Waals surface area contributed by atoms with Crippen LogP contribution >= 0.6 is 22.9 Å². The topological polar surface area (TPSA) is 120 Å². The Morgan fingerprint density at radius 3 is 2.11 bits per heavy atom. The molecule has 3 rings (SSSR count). The molecule has 37 heavy (non-hydrogen) atoms. The normalized spacial score (nSPS) is 10.4. The van der Waals surface area contributed by atoms with Gasteiger partial charge in [-0.15, -0.1) is 11.3 Å². The van der Waals surface area contributed by atoms with E-state index in [0.29, 0.717) is 27.6 Å². The van der Waals surface area contributed by atoms with Crippen molar-refractivity contribution in [2.45, 2.75) is 20.8 Å². The summed E-state index contributed by atoms with van der Waals surface area (Å²) < 4.78 is 15.5. The lowest BCUT2D eigenvalue weighted by molar-refractivity contribution is -0.118. The predicted molar refractivity (Wildman–Crippen MR) is 141 cm³/mol. The van der Waals surface area contributed by atoms with E-state index in [1.165, 1.54) is 12.1 Å². The molecule has 0 aliphatic carbocycles. The first kappa shape index (κ1) is 27.7. The summed E-state index contributed by atoms with van der Waals surface area (Å²) in [4.78, 5) is 50.3. The van der Waals surface area contributed by atoms with Gasteiger partial charge in [0.25, 0.3) is 11.8 Å². The number of carbonyl (C=O) groups excluding carboxylic acids is 4. The highest BCUT2D eigenvalue weighted by Crippen LogP contribution is 2.34. The lowest BCUT2D eigenvalue weighted by Gasteiger charge is -2.08. The molecule has 1 aromatic heterocycles. The largest absolute Gasteiger partial charge is 0.484 e. The predicted octanol–water partition coefficient (Wildman–Crippen LogP) is 5.33. The van der Waals surface area contributed by atoms with Crippen molar-refractivity contribution in [3.8, 4) is 5.75 Å². The van der Waals surface area contributed by atoms with Crippen LogP contribution in [0, 0.1) is 6.92 Å². The number of ether oxygens (including phenoxy) is 3. The Morgan fingerprint density at radius 1 is 0.865 bits per heavy atom. The van der Waals surface area contributed by atoms with E-state index in [0.717, 1.165) is 11.3 Å². The SMILES string of the molecule is CCOC(=O)c1ccc(NC(=O)c2sc(NC(=O)COc3ccc(Cl)cc3)c(C(=O)OCC)c2C)cc1. The van der Waals surface area contributed by atoms with Crippen LogP contribution in [0.3, 0.4) is 0 Å². The fourth-order valence-corrected chi connectivity index (χ4v) is 4.43. The Morgan fingerprint density at radius 2 is 1.49 bits per heavy atom. The van der Waals surface area contributed by atoms with Crippen LogP contribution < -0.4 is 15.4 Å². The summed E-state index contributed by atoms with van der Waals surface area (Å²) in [5, 5.41) is 6.07. The van der Waals surface area contributed by atoms with Gasteiger partial charge >= 0.3 is 11.9 Å². The Bertz CT molecular complexity index is 1290. The quantitative estimate of drug-likeness (QED) is 0.331. The molecule has 11 heteroatoms. The molecule has 0 atom stereocenters. The van der Waals surface area contributed by atoms with Gasteiger partial charge in [0.05, 0.1) is 29.2 Å². The van der Waals surface area contributed by atoms with Gasteiger partial charge in [0.2, 0.25) is 0 Å². The smallest absolute Gasteiger partial charge is 0.341 e. The molecule has 9 nitrogen and oxygen atoms in total. The van der Waals surface area contributed by atoms with Crippen LogP contribution in [0.5, 0.6) is 5.75 Å². The summed E-state index contributed by atoms with van der Waals surface area (Å²) in [5.41, 5.74) is 1.24. The number of amides is 2. The minimum absolute atomic E-state index is 0.0921. The van der Waals surface area contributed by atoms with E-state index < -0.39 is 23.8 Å². The van der Waals surface area contributed by atoms with Crippen LogP contribution in [0.4, 0.5) is 10.7 Å². The maximum atomic E-state index is 13.0. The van der Waals surface area contributed by atoms with E-state index in [4.69, 9.17) is 25.8 Å². The van der Waals surface area contributed by atoms with Gasteiger partial charge in [-0.05, 0) is 74.9 Å². The first-order chi connectivity index (χ1) is 17.7. The zero-order valence-electron chi connectivity index (χ0n) is 20.4. The summed E-state index contributed by atoms with van der Waals surface area (Å²) in [6.45, 7) is 5.02. The molecule has 2 aromatic carbocycles. The molecule has 2 amide bonds. The molecule has 2 N–H and O–H groups in total. The van der Waals surface area contributed by atoms with Gasteiger partial charge in [0.1, 0.15) is 10.8 Å². The second-order valence-electron chi connectivity index (χ2n) is 7.52. The number of thiophene rings is 1. The number of esters is 2. The monoisotopic (exact) mass is 544 g/mol. The maximum Gasteiger partial charge on any atom is 0.341 e. The molecule has 0 saturated carbocycles. The van der Waals surface area contributed by atoms with Crippen molar-refractivity contribution in [1.82, 2.24) is 0 Å². The first-order valence-corrected chi connectivity index (χ1v) is 12.5. The highest BCUT2D eigenvalue weighted by Gasteiger charge is 2.27. The van der Waals surface area contributed by atoms with Crippen molar-refractivity contribution in [3.05, 3.63) is 75.1 Å². The molecule has 1 heterocycles. The van der Waals surface area contributed by atoms with Crippen molar-refractivity contribution in [3.63, 3.8) is 0 Å². The molecule has 0 fully saturated rings. The zero-order valence-corrected chi connectivity index (χ0v) is 22.0. The Balaban J connectivity index is 1.77. The van der Waals surface area contributed by atoms with Crippen molar-refractivity contribution in [2.24, 2.45) is 0 Å². The average Bonchev–Trinajstić information content (AvgIpc) is 3.20. The van der Waals surface area contributed by atoms with Gasteiger partial charge < -0.3 is 24.8 Å². The van der Waals surface area contributed by atoms with Crippen LogP contribution in [0.1, 0.15) is 49.8 Å². The van der Waals surface area contributed by atoms with Crippen molar-refractivity contribution >= 4 is 57.4 Å². The fourth-order valence-electron chi connectivity index (χ4n) is 3.20. The third kappa shape index (κ3) is 7.31. The minimum atomic E-state index is -0.664. The van der Waals surface area contributed by atoms with Crippen molar-refractivity contribution < 1.29 is 33.4 Å². The molecule has 194 valence electrons. The summed E-state index contributed by atoms with van der Waals surface area (Å²) in [7, 11) is 0. The number of carbonyl (C=O) groups is 4. The summed E-state index contributed by atoms with van der Waals surface area (Å²) >= 11 is 6.79. The molecule has 0 saturated heterocycles. The third-order valence-corrected chi connectivity index (χ3v) is 6.38. The number of hydrogen-bond acceptors (Lipinski definition) is 8. The van der Waals surface area contributed by atoms with Crippen LogP contribution in [0.25, 0.3) is 0 Å². The molecular formula is C26H25ClN2O7S. The van der Waals surface area contributed by atoms with E-state index >= 15 is 0 Å². The van der Waals surface area contributed by atoms with Gasteiger partial charge in [0.15, 0.2) is 6.61 Å². The zero-order chi connectivity index (χ0) is 26.9. The Hall–Kier alpha value is -3.89. The summed E-state index contributed by atoms with van der Waals surface area (Å²) in [6.07, 6.45) is 0. The fraction of sp³-hybridized carbons (Fsp3) is 0.231. The third-order valence-electron chi connectivity index (χ3n) is 4.92. The second kappa shape index (κ2) is 12.9. The minimum Gasteiger partial charge on any atom is -0.484 e. The number of halogens is 1. The van der Waals surface area contributed by atoms with E-state index in [9.17, 15) is 19.2 Å². The molecule has 0 bridgehead atoms. The van der Waals surface area contributed by atoms with Crippen LogP contribution in [0.15, 0.2) is 48.5 Å².